The second-order valence-electron chi connectivity index (χ2n) is 11.7. The van der Waals surface area contributed by atoms with E-state index in [1.54, 1.807) is 0 Å². The third kappa shape index (κ3) is 7.41. The fourth-order valence-corrected chi connectivity index (χ4v) is 6.65. The largest absolute Gasteiger partial charge is 0.333 e. The zero-order valence-corrected chi connectivity index (χ0v) is 28.3. The standard InChI is InChI=1S/C19H13N2.C18H24NSi.Ir/c1-3-9-15(10-4-1)19-20-17-13-7-8-14-18(17)21(19)16-11-5-2-6-12-16;1-14(2)11-16-12-17(15-9-7-6-8-10-15)19-13-18(16)20(3,4)5;/h1-9,11-14H;6-9,12-14H,11H2,1-5H3;/q2*-1;. The van der Waals surface area contributed by atoms with Gasteiger partial charge >= 0.3 is 0 Å². The quantitative estimate of drug-likeness (QED) is 0.126. The summed E-state index contributed by atoms with van der Waals surface area (Å²) in [7, 11) is -1.34. The number of imidazole rings is 1. The van der Waals surface area contributed by atoms with E-state index < -0.39 is 8.07 Å². The SMILES string of the molecule is CC(C)Cc1cc(-c2[c-]cccc2)ncc1[Si](C)(C)C.[Ir].[c-]1ccccc1-c1nc2ccccc2n1-c1ccccc1. The van der Waals surface area contributed by atoms with Crippen molar-refractivity contribution >= 4 is 24.3 Å². The van der Waals surface area contributed by atoms with Gasteiger partial charge in [0.25, 0.3) is 0 Å². The number of hydrogen-bond acceptors (Lipinski definition) is 2. The Balaban J connectivity index is 0.000000189. The van der Waals surface area contributed by atoms with Gasteiger partial charge in [-0.1, -0.05) is 75.5 Å². The molecule has 0 unspecified atom stereocenters. The molecule has 0 spiro atoms. The fourth-order valence-electron chi connectivity index (χ4n) is 5.06. The Kier molecular flexibility index (Phi) is 10.5. The summed E-state index contributed by atoms with van der Waals surface area (Å²) in [5, 5.41) is 1.49. The van der Waals surface area contributed by atoms with E-state index in [-0.39, 0.29) is 20.1 Å². The van der Waals surface area contributed by atoms with Crippen LogP contribution < -0.4 is 5.19 Å². The van der Waals surface area contributed by atoms with Gasteiger partial charge in [-0.3, -0.25) is 4.98 Å². The molecule has 2 aromatic heterocycles. The van der Waals surface area contributed by atoms with E-state index in [1.165, 1.54) is 10.8 Å². The molecule has 5 heteroatoms. The maximum atomic E-state index is 4.79. The topological polar surface area (TPSA) is 30.7 Å². The molecule has 0 aliphatic carbocycles. The van der Waals surface area contributed by atoms with Crippen LogP contribution in [0.1, 0.15) is 19.4 Å². The molecule has 6 rings (SSSR count). The van der Waals surface area contributed by atoms with Gasteiger partial charge in [-0.05, 0) is 47.5 Å². The molecule has 1 radical (unpaired) electrons. The zero-order valence-electron chi connectivity index (χ0n) is 24.9. The van der Waals surface area contributed by atoms with E-state index in [0.29, 0.717) is 5.92 Å². The third-order valence-corrected chi connectivity index (χ3v) is 9.00. The number of fused-ring (bicyclic) bond motifs is 1. The Hall–Kier alpha value is -3.63. The molecule has 0 saturated heterocycles. The smallest absolute Gasteiger partial charge is 0.0798 e. The molecule has 42 heavy (non-hydrogen) atoms. The van der Waals surface area contributed by atoms with E-state index in [0.717, 1.165) is 45.8 Å². The van der Waals surface area contributed by atoms with Crippen molar-refractivity contribution in [1.82, 2.24) is 14.5 Å². The van der Waals surface area contributed by atoms with E-state index >= 15 is 0 Å². The van der Waals surface area contributed by atoms with Crippen LogP contribution in [0.25, 0.3) is 39.4 Å². The number of pyridine rings is 1. The van der Waals surface area contributed by atoms with Crippen LogP contribution in [0.15, 0.2) is 115 Å². The van der Waals surface area contributed by atoms with Crippen molar-refractivity contribution in [3.63, 3.8) is 0 Å². The molecule has 0 atom stereocenters. The molecular weight excluding hydrogens is 707 g/mol. The number of hydrogen-bond donors (Lipinski definition) is 0. The minimum absolute atomic E-state index is 0. The van der Waals surface area contributed by atoms with Crippen LogP contribution in [0.4, 0.5) is 0 Å². The molecule has 0 bridgehead atoms. The van der Waals surface area contributed by atoms with Crippen molar-refractivity contribution in [2.24, 2.45) is 5.92 Å². The van der Waals surface area contributed by atoms with E-state index in [2.05, 4.69) is 91.7 Å². The summed E-state index contributed by atoms with van der Waals surface area (Å²) < 4.78 is 2.18. The van der Waals surface area contributed by atoms with Gasteiger partial charge in [-0.2, -0.15) is 0 Å². The fraction of sp³-hybridized carbons (Fsp3) is 0.189. The first kappa shape index (κ1) is 31.3. The van der Waals surface area contributed by atoms with Gasteiger partial charge in [0.2, 0.25) is 0 Å². The molecule has 4 aromatic carbocycles. The Morgan fingerprint density at radius 2 is 1.38 bits per heavy atom. The Labute approximate surface area is 265 Å². The molecule has 0 N–H and O–H groups in total. The molecule has 0 saturated carbocycles. The van der Waals surface area contributed by atoms with Crippen LogP contribution >= 0.6 is 0 Å². The molecule has 0 amide bonds. The molecule has 0 aliphatic rings. The predicted molar refractivity (Wildman–Crippen MR) is 175 cm³/mol. The Bertz CT molecular complexity index is 1710. The summed E-state index contributed by atoms with van der Waals surface area (Å²) in [5.41, 5.74) is 7.81. The molecule has 0 aliphatic heterocycles. The van der Waals surface area contributed by atoms with E-state index in [9.17, 15) is 0 Å². The van der Waals surface area contributed by atoms with Crippen LogP contribution in [-0.4, -0.2) is 22.6 Å². The minimum atomic E-state index is -1.34. The van der Waals surface area contributed by atoms with Crippen molar-refractivity contribution in [1.29, 1.82) is 0 Å². The number of benzene rings is 4. The van der Waals surface area contributed by atoms with Crippen LogP contribution in [0.5, 0.6) is 0 Å². The first-order valence-corrected chi connectivity index (χ1v) is 17.8. The van der Waals surface area contributed by atoms with Crippen LogP contribution in [0.2, 0.25) is 19.6 Å². The number of nitrogens with zero attached hydrogens (tertiary/aromatic N) is 3. The second-order valence-corrected chi connectivity index (χ2v) is 16.8. The van der Waals surface area contributed by atoms with Crippen molar-refractivity contribution in [3.05, 3.63) is 133 Å². The minimum Gasteiger partial charge on any atom is -0.333 e. The van der Waals surface area contributed by atoms with Crippen molar-refractivity contribution < 1.29 is 20.1 Å². The summed E-state index contributed by atoms with van der Waals surface area (Å²) in [4.78, 5) is 9.48. The average molecular weight is 744 g/mol. The van der Waals surface area contributed by atoms with Gasteiger partial charge in [0.05, 0.1) is 24.9 Å². The van der Waals surface area contributed by atoms with Gasteiger partial charge in [-0.15, -0.1) is 71.8 Å². The molecule has 215 valence electrons. The predicted octanol–water partition coefficient (Wildman–Crippen LogP) is 8.78. The zero-order chi connectivity index (χ0) is 28.8. The van der Waals surface area contributed by atoms with Gasteiger partial charge in [0.15, 0.2) is 0 Å². The summed E-state index contributed by atoms with van der Waals surface area (Å²) in [6.07, 6.45) is 3.24. The second kappa shape index (κ2) is 14.0. The van der Waals surface area contributed by atoms with Crippen molar-refractivity contribution in [2.75, 3.05) is 0 Å². The number of para-hydroxylation sites is 3. The maximum absolute atomic E-state index is 4.79. The first-order valence-electron chi connectivity index (χ1n) is 14.3. The van der Waals surface area contributed by atoms with E-state index in [4.69, 9.17) is 4.98 Å². The molecule has 2 heterocycles. The van der Waals surface area contributed by atoms with Gasteiger partial charge in [0.1, 0.15) is 0 Å². The van der Waals surface area contributed by atoms with Crippen LogP contribution in [0.3, 0.4) is 0 Å². The van der Waals surface area contributed by atoms with Gasteiger partial charge in [0, 0.05) is 32.0 Å². The normalized spacial score (nSPS) is 11.1. The Morgan fingerprint density at radius 1 is 0.762 bits per heavy atom. The molecule has 6 aromatic rings. The summed E-state index contributed by atoms with van der Waals surface area (Å²) >= 11 is 0. The van der Waals surface area contributed by atoms with Gasteiger partial charge < -0.3 is 9.55 Å². The maximum Gasteiger partial charge on any atom is 0.0798 e. The first-order chi connectivity index (χ1) is 19.8. The number of aromatic nitrogens is 3. The molecule has 3 nitrogen and oxygen atoms in total. The summed E-state index contributed by atoms with van der Waals surface area (Å²) in [6.45, 7) is 11.7. The Morgan fingerprint density at radius 3 is 2.00 bits per heavy atom. The molecule has 0 fully saturated rings. The average Bonchev–Trinajstić information content (AvgIpc) is 3.38. The summed E-state index contributed by atoms with van der Waals surface area (Å²) in [6, 6.07) is 43.3. The van der Waals surface area contributed by atoms with Crippen LogP contribution in [-0.2, 0) is 26.5 Å². The van der Waals surface area contributed by atoms with E-state index in [1.807, 2.05) is 78.9 Å². The monoisotopic (exact) mass is 744 g/mol. The third-order valence-electron chi connectivity index (χ3n) is 6.94. The number of rotatable bonds is 6. The molecular formula is C37H37IrN3Si-2. The van der Waals surface area contributed by atoms with Crippen LogP contribution in [0, 0.1) is 18.1 Å². The van der Waals surface area contributed by atoms with Crippen molar-refractivity contribution in [2.45, 2.75) is 39.9 Å². The van der Waals surface area contributed by atoms with Gasteiger partial charge in [-0.25, -0.2) is 0 Å². The van der Waals surface area contributed by atoms with Crippen molar-refractivity contribution in [3.8, 4) is 28.3 Å². The summed E-state index contributed by atoms with van der Waals surface area (Å²) in [5.74, 6) is 1.59.